The van der Waals surface area contributed by atoms with Crippen LogP contribution in [0.15, 0.2) is 16.8 Å². The van der Waals surface area contributed by atoms with E-state index in [1.807, 2.05) is 0 Å². The first-order chi connectivity index (χ1) is 7.31. The molecule has 1 saturated heterocycles. The molecule has 3 heteroatoms. The second-order valence-corrected chi connectivity index (χ2v) is 5.21. The quantitative estimate of drug-likeness (QED) is 0.847. The van der Waals surface area contributed by atoms with Gasteiger partial charge in [0.25, 0.3) is 0 Å². The van der Waals surface area contributed by atoms with Crippen molar-refractivity contribution in [1.29, 1.82) is 0 Å². The van der Waals surface area contributed by atoms with Crippen LogP contribution in [-0.2, 0) is 6.42 Å². The lowest BCUT2D eigenvalue weighted by Gasteiger charge is -2.24. The van der Waals surface area contributed by atoms with Crippen molar-refractivity contribution in [3.63, 3.8) is 0 Å². The first kappa shape index (κ1) is 11.1. The minimum Gasteiger partial charge on any atom is -0.395 e. The number of likely N-dealkylation sites (tertiary alicyclic amines) is 1. The van der Waals surface area contributed by atoms with Crippen molar-refractivity contribution in [3.05, 3.63) is 22.4 Å². The van der Waals surface area contributed by atoms with Crippen LogP contribution in [0.5, 0.6) is 0 Å². The molecule has 2 nitrogen and oxygen atoms in total. The number of thiophene rings is 1. The lowest BCUT2D eigenvalue weighted by Crippen LogP contribution is -2.36. The molecule has 2 atom stereocenters. The molecule has 0 radical (unpaired) electrons. The van der Waals surface area contributed by atoms with E-state index >= 15 is 0 Å². The van der Waals surface area contributed by atoms with Gasteiger partial charge in [0.1, 0.15) is 0 Å². The minimum absolute atomic E-state index is 0.310. The standard InChI is InChI=1S/C12H19NOS/c1-10-2-5-13(12(10)8-14)6-3-11-4-7-15-9-11/h4,7,9-10,12,14H,2-3,5-6,8H2,1H3. The Morgan fingerprint density at radius 1 is 1.60 bits per heavy atom. The molecule has 1 N–H and O–H groups in total. The van der Waals surface area contributed by atoms with Crippen molar-refractivity contribution in [2.24, 2.45) is 5.92 Å². The van der Waals surface area contributed by atoms with Gasteiger partial charge in [-0.15, -0.1) is 0 Å². The molecule has 84 valence electrons. The lowest BCUT2D eigenvalue weighted by molar-refractivity contribution is 0.140. The maximum absolute atomic E-state index is 9.32. The highest BCUT2D eigenvalue weighted by Crippen LogP contribution is 2.23. The Balaban J connectivity index is 1.84. The van der Waals surface area contributed by atoms with Gasteiger partial charge in [-0.1, -0.05) is 6.92 Å². The average Bonchev–Trinajstić information content (AvgIpc) is 2.84. The lowest BCUT2D eigenvalue weighted by atomic mass is 10.0. The summed E-state index contributed by atoms with van der Waals surface area (Å²) in [6.45, 7) is 4.79. The van der Waals surface area contributed by atoms with Gasteiger partial charge in [0.2, 0.25) is 0 Å². The van der Waals surface area contributed by atoms with Gasteiger partial charge in [-0.05, 0) is 47.7 Å². The van der Waals surface area contributed by atoms with Crippen LogP contribution in [0, 0.1) is 5.92 Å². The highest BCUT2D eigenvalue weighted by molar-refractivity contribution is 7.07. The summed E-state index contributed by atoms with van der Waals surface area (Å²) < 4.78 is 0. The Bertz CT molecular complexity index is 286. The molecule has 1 aliphatic heterocycles. The SMILES string of the molecule is CC1CCN(CCc2ccsc2)C1CO. The van der Waals surface area contributed by atoms with Gasteiger partial charge in [0.05, 0.1) is 6.61 Å². The van der Waals surface area contributed by atoms with Crippen molar-refractivity contribution < 1.29 is 5.11 Å². The van der Waals surface area contributed by atoms with Crippen molar-refractivity contribution in [2.45, 2.75) is 25.8 Å². The number of rotatable bonds is 4. The highest BCUT2D eigenvalue weighted by atomic mass is 32.1. The van der Waals surface area contributed by atoms with Crippen LogP contribution in [0.3, 0.4) is 0 Å². The van der Waals surface area contributed by atoms with E-state index in [0.29, 0.717) is 18.6 Å². The minimum atomic E-state index is 0.310. The third-order valence-corrected chi connectivity index (χ3v) is 4.18. The molecule has 0 amide bonds. The van der Waals surface area contributed by atoms with Crippen molar-refractivity contribution >= 4 is 11.3 Å². The first-order valence-corrected chi connectivity index (χ1v) is 6.61. The van der Waals surface area contributed by atoms with E-state index in [2.05, 4.69) is 28.7 Å². The van der Waals surface area contributed by atoms with Gasteiger partial charge in [-0.3, -0.25) is 4.90 Å². The van der Waals surface area contributed by atoms with Crippen LogP contribution in [-0.4, -0.2) is 35.7 Å². The Morgan fingerprint density at radius 2 is 2.47 bits per heavy atom. The number of hydrogen-bond acceptors (Lipinski definition) is 3. The number of aliphatic hydroxyl groups is 1. The van der Waals surface area contributed by atoms with Crippen LogP contribution in [0.2, 0.25) is 0 Å². The maximum atomic E-state index is 9.32. The molecule has 0 aromatic carbocycles. The van der Waals surface area contributed by atoms with Gasteiger partial charge in [0, 0.05) is 12.6 Å². The third-order valence-electron chi connectivity index (χ3n) is 3.45. The maximum Gasteiger partial charge on any atom is 0.0589 e. The van der Waals surface area contributed by atoms with E-state index in [1.54, 1.807) is 11.3 Å². The largest absolute Gasteiger partial charge is 0.395 e. The molecule has 1 aliphatic rings. The topological polar surface area (TPSA) is 23.5 Å². The van der Waals surface area contributed by atoms with Crippen LogP contribution >= 0.6 is 11.3 Å². The zero-order valence-electron chi connectivity index (χ0n) is 9.22. The molecular formula is C12H19NOS. The zero-order chi connectivity index (χ0) is 10.7. The van der Waals surface area contributed by atoms with Gasteiger partial charge in [-0.25, -0.2) is 0 Å². The normalized spacial score (nSPS) is 27.3. The summed E-state index contributed by atoms with van der Waals surface area (Å²) in [5, 5.41) is 13.7. The molecule has 2 rings (SSSR count). The number of nitrogens with zero attached hydrogens (tertiary/aromatic N) is 1. The Kier molecular flexibility index (Phi) is 3.78. The van der Waals surface area contributed by atoms with Crippen molar-refractivity contribution in [3.8, 4) is 0 Å². The molecule has 2 unspecified atom stereocenters. The highest BCUT2D eigenvalue weighted by Gasteiger charge is 2.29. The monoisotopic (exact) mass is 225 g/mol. The molecule has 2 heterocycles. The summed E-state index contributed by atoms with van der Waals surface area (Å²) in [5.41, 5.74) is 1.43. The molecule has 1 fully saturated rings. The molecule has 0 spiro atoms. The third kappa shape index (κ3) is 2.60. The molecule has 0 saturated carbocycles. The average molecular weight is 225 g/mol. The molecule has 0 bridgehead atoms. The van der Waals surface area contributed by atoms with E-state index in [4.69, 9.17) is 0 Å². The van der Waals surface area contributed by atoms with Crippen LogP contribution in [0.4, 0.5) is 0 Å². The smallest absolute Gasteiger partial charge is 0.0589 e. The molecular weight excluding hydrogens is 206 g/mol. The summed E-state index contributed by atoms with van der Waals surface area (Å²) >= 11 is 1.76. The Labute approximate surface area is 95.5 Å². The van der Waals surface area contributed by atoms with E-state index in [-0.39, 0.29) is 0 Å². The molecule has 15 heavy (non-hydrogen) atoms. The molecule has 0 aliphatic carbocycles. The van der Waals surface area contributed by atoms with Gasteiger partial charge >= 0.3 is 0 Å². The summed E-state index contributed by atoms with van der Waals surface area (Å²) in [6.07, 6.45) is 2.35. The second-order valence-electron chi connectivity index (χ2n) is 4.43. The number of aliphatic hydroxyl groups excluding tert-OH is 1. The predicted octanol–water partition coefficient (Wildman–Crippen LogP) is 1.99. The first-order valence-electron chi connectivity index (χ1n) is 5.67. The summed E-state index contributed by atoms with van der Waals surface area (Å²) in [7, 11) is 0. The van der Waals surface area contributed by atoms with Crippen molar-refractivity contribution in [1.82, 2.24) is 4.90 Å². The van der Waals surface area contributed by atoms with Crippen LogP contribution < -0.4 is 0 Å². The zero-order valence-corrected chi connectivity index (χ0v) is 10.0. The van der Waals surface area contributed by atoms with Gasteiger partial charge < -0.3 is 5.11 Å². The van der Waals surface area contributed by atoms with Crippen LogP contribution in [0.25, 0.3) is 0 Å². The van der Waals surface area contributed by atoms with E-state index in [1.165, 1.54) is 12.0 Å². The fraction of sp³-hybridized carbons (Fsp3) is 0.667. The predicted molar refractivity (Wildman–Crippen MR) is 64.3 cm³/mol. The molecule has 1 aromatic heterocycles. The fourth-order valence-corrected chi connectivity index (χ4v) is 3.07. The Hall–Kier alpha value is -0.380. The summed E-state index contributed by atoms with van der Waals surface area (Å²) in [6, 6.07) is 2.58. The van der Waals surface area contributed by atoms with Crippen LogP contribution in [0.1, 0.15) is 18.9 Å². The van der Waals surface area contributed by atoms with E-state index in [0.717, 1.165) is 19.5 Å². The van der Waals surface area contributed by atoms with E-state index in [9.17, 15) is 5.11 Å². The van der Waals surface area contributed by atoms with Gasteiger partial charge in [-0.2, -0.15) is 11.3 Å². The molecule has 1 aromatic rings. The Morgan fingerprint density at radius 3 is 3.13 bits per heavy atom. The second kappa shape index (κ2) is 5.10. The fourth-order valence-electron chi connectivity index (χ4n) is 2.37. The van der Waals surface area contributed by atoms with Gasteiger partial charge in [0.15, 0.2) is 0 Å². The number of hydrogen-bond donors (Lipinski definition) is 1. The summed E-state index contributed by atoms with van der Waals surface area (Å²) in [5.74, 6) is 0.650. The summed E-state index contributed by atoms with van der Waals surface area (Å²) in [4.78, 5) is 2.43. The van der Waals surface area contributed by atoms with E-state index < -0.39 is 0 Å². The van der Waals surface area contributed by atoms with Crippen molar-refractivity contribution in [2.75, 3.05) is 19.7 Å².